The maximum Gasteiger partial charge on any atom is 0.148 e. The van der Waals surface area contributed by atoms with Gasteiger partial charge in [0.1, 0.15) is 9.84 Å². The van der Waals surface area contributed by atoms with E-state index in [0.717, 1.165) is 13.1 Å². The molecule has 4 nitrogen and oxygen atoms in total. The molecule has 0 radical (unpaired) electrons. The van der Waals surface area contributed by atoms with E-state index in [1.165, 1.54) is 6.26 Å². The molecular formula is C13H28N2O2S. The highest BCUT2D eigenvalue weighted by molar-refractivity contribution is 7.90. The van der Waals surface area contributed by atoms with Gasteiger partial charge < -0.3 is 5.32 Å². The van der Waals surface area contributed by atoms with Crippen molar-refractivity contribution >= 4 is 9.84 Å². The molecule has 5 heteroatoms. The van der Waals surface area contributed by atoms with Gasteiger partial charge in [0.2, 0.25) is 0 Å². The van der Waals surface area contributed by atoms with Crippen LogP contribution in [-0.4, -0.2) is 56.5 Å². The van der Waals surface area contributed by atoms with Crippen molar-refractivity contribution in [1.29, 1.82) is 0 Å². The Morgan fingerprint density at radius 3 is 2.33 bits per heavy atom. The molecule has 0 aliphatic carbocycles. The quantitative estimate of drug-likeness (QED) is 0.839. The average Bonchev–Trinajstić information content (AvgIpc) is 2.10. The predicted octanol–water partition coefficient (Wildman–Crippen LogP) is 1.13. The Balaban J connectivity index is 2.78. The van der Waals surface area contributed by atoms with Crippen LogP contribution < -0.4 is 5.32 Å². The SMILES string of the molecule is CC1(C)CN(CCS(C)(=O)=O)C(C(C)(C)C)CN1. The number of hydrogen-bond acceptors (Lipinski definition) is 4. The summed E-state index contributed by atoms with van der Waals surface area (Å²) >= 11 is 0. The van der Waals surface area contributed by atoms with E-state index in [0.29, 0.717) is 12.6 Å². The third kappa shape index (κ3) is 4.86. The molecule has 0 bridgehead atoms. The smallest absolute Gasteiger partial charge is 0.148 e. The molecule has 18 heavy (non-hydrogen) atoms. The van der Waals surface area contributed by atoms with Crippen LogP contribution in [0.3, 0.4) is 0 Å². The lowest BCUT2D eigenvalue weighted by Gasteiger charge is -2.49. The van der Waals surface area contributed by atoms with Crippen molar-refractivity contribution in [2.75, 3.05) is 31.6 Å². The number of piperazine rings is 1. The third-order valence-corrected chi connectivity index (χ3v) is 4.49. The normalized spacial score (nSPS) is 26.2. The summed E-state index contributed by atoms with van der Waals surface area (Å²) in [5.74, 6) is 0.246. The second-order valence-electron chi connectivity index (χ2n) is 7.25. The fourth-order valence-corrected chi connectivity index (χ4v) is 3.11. The van der Waals surface area contributed by atoms with Crippen molar-refractivity contribution < 1.29 is 8.42 Å². The van der Waals surface area contributed by atoms with Crippen LogP contribution in [0.15, 0.2) is 0 Å². The van der Waals surface area contributed by atoms with Crippen LogP contribution in [-0.2, 0) is 9.84 Å². The molecule has 1 rings (SSSR count). The van der Waals surface area contributed by atoms with Crippen LogP contribution in [0.2, 0.25) is 0 Å². The maximum atomic E-state index is 11.3. The summed E-state index contributed by atoms with van der Waals surface area (Å²) in [6.45, 7) is 13.4. The van der Waals surface area contributed by atoms with Crippen LogP contribution in [0.5, 0.6) is 0 Å². The highest BCUT2D eigenvalue weighted by Gasteiger charge is 2.38. The van der Waals surface area contributed by atoms with Crippen molar-refractivity contribution in [2.24, 2.45) is 5.41 Å². The lowest BCUT2D eigenvalue weighted by Crippen LogP contribution is -2.65. The predicted molar refractivity (Wildman–Crippen MR) is 76.6 cm³/mol. The Labute approximate surface area is 112 Å². The molecule has 1 atom stereocenters. The lowest BCUT2D eigenvalue weighted by atomic mass is 9.82. The van der Waals surface area contributed by atoms with E-state index in [1.54, 1.807) is 0 Å². The summed E-state index contributed by atoms with van der Waals surface area (Å²) < 4.78 is 22.7. The van der Waals surface area contributed by atoms with Gasteiger partial charge in [0, 0.05) is 37.5 Å². The summed E-state index contributed by atoms with van der Waals surface area (Å²) in [6, 6.07) is 0.382. The van der Waals surface area contributed by atoms with E-state index in [4.69, 9.17) is 0 Å². The fraction of sp³-hybridized carbons (Fsp3) is 1.00. The van der Waals surface area contributed by atoms with Gasteiger partial charge in [-0.3, -0.25) is 4.90 Å². The van der Waals surface area contributed by atoms with Gasteiger partial charge in [-0.05, 0) is 19.3 Å². The molecule has 1 heterocycles. The minimum Gasteiger partial charge on any atom is -0.309 e. The summed E-state index contributed by atoms with van der Waals surface area (Å²) in [7, 11) is -2.89. The Kier molecular flexibility index (Phi) is 4.51. The van der Waals surface area contributed by atoms with Crippen LogP contribution in [0.4, 0.5) is 0 Å². The molecule has 0 amide bonds. The molecule has 0 aromatic rings. The second-order valence-corrected chi connectivity index (χ2v) is 9.51. The van der Waals surface area contributed by atoms with Gasteiger partial charge in [-0.1, -0.05) is 20.8 Å². The van der Waals surface area contributed by atoms with Gasteiger partial charge in [-0.15, -0.1) is 0 Å². The first-order chi connectivity index (χ1) is 7.91. The van der Waals surface area contributed by atoms with Crippen LogP contribution in [0.1, 0.15) is 34.6 Å². The lowest BCUT2D eigenvalue weighted by molar-refractivity contribution is 0.0381. The maximum absolute atomic E-state index is 11.3. The third-order valence-electron chi connectivity index (χ3n) is 3.56. The molecule has 1 fully saturated rings. The number of nitrogens with zero attached hydrogens (tertiary/aromatic N) is 1. The molecule has 1 N–H and O–H groups in total. The van der Waals surface area contributed by atoms with Gasteiger partial charge in [0.25, 0.3) is 0 Å². The first kappa shape index (κ1) is 15.9. The zero-order chi connectivity index (χ0) is 14.2. The van der Waals surface area contributed by atoms with Crippen LogP contribution >= 0.6 is 0 Å². The zero-order valence-electron chi connectivity index (χ0n) is 12.6. The molecule has 1 aliphatic rings. The van der Waals surface area contributed by atoms with E-state index >= 15 is 0 Å². The minimum atomic E-state index is -2.89. The summed E-state index contributed by atoms with van der Waals surface area (Å²) in [5.41, 5.74) is 0.209. The zero-order valence-corrected chi connectivity index (χ0v) is 13.4. The number of hydrogen-bond donors (Lipinski definition) is 1. The van der Waals surface area contributed by atoms with E-state index in [-0.39, 0.29) is 16.7 Å². The van der Waals surface area contributed by atoms with Crippen LogP contribution in [0, 0.1) is 5.41 Å². The van der Waals surface area contributed by atoms with E-state index in [1.807, 2.05) is 0 Å². The van der Waals surface area contributed by atoms with Crippen molar-refractivity contribution in [3.63, 3.8) is 0 Å². The molecule has 0 aromatic heterocycles. The summed E-state index contributed by atoms with van der Waals surface area (Å²) in [5, 5.41) is 3.55. The Bertz CT molecular complexity index is 382. The first-order valence-electron chi connectivity index (χ1n) is 6.57. The highest BCUT2D eigenvalue weighted by atomic mass is 32.2. The Morgan fingerprint density at radius 1 is 1.33 bits per heavy atom. The Morgan fingerprint density at radius 2 is 1.89 bits per heavy atom. The average molecular weight is 276 g/mol. The summed E-state index contributed by atoms with van der Waals surface area (Å²) in [4.78, 5) is 2.33. The van der Waals surface area contributed by atoms with E-state index in [2.05, 4.69) is 44.8 Å². The van der Waals surface area contributed by atoms with Gasteiger partial charge in [0.15, 0.2) is 0 Å². The van der Waals surface area contributed by atoms with E-state index < -0.39 is 9.84 Å². The monoisotopic (exact) mass is 276 g/mol. The molecule has 108 valence electrons. The van der Waals surface area contributed by atoms with Crippen LogP contribution in [0.25, 0.3) is 0 Å². The highest BCUT2D eigenvalue weighted by Crippen LogP contribution is 2.28. The topological polar surface area (TPSA) is 49.4 Å². The minimum absolute atomic E-state index is 0.0548. The van der Waals surface area contributed by atoms with Gasteiger partial charge >= 0.3 is 0 Å². The fourth-order valence-electron chi connectivity index (χ4n) is 2.55. The first-order valence-corrected chi connectivity index (χ1v) is 8.64. The van der Waals surface area contributed by atoms with Gasteiger partial charge in [-0.2, -0.15) is 0 Å². The van der Waals surface area contributed by atoms with Crippen molar-refractivity contribution in [3.8, 4) is 0 Å². The molecule has 1 aliphatic heterocycles. The van der Waals surface area contributed by atoms with Crippen molar-refractivity contribution in [3.05, 3.63) is 0 Å². The van der Waals surface area contributed by atoms with Gasteiger partial charge in [0.05, 0.1) is 5.75 Å². The number of sulfone groups is 1. The largest absolute Gasteiger partial charge is 0.309 e. The Hall–Kier alpha value is -0.130. The second kappa shape index (κ2) is 5.10. The van der Waals surface area contributed by atoms with E-state index in [9.17, 15) is 8.42 Å². The van der Waals surface area contributed by atoms with Gasteiger partial charge in [-0.25, -0.2) is 8.42 Å². The van der Waals surface area contributed by atoms with Crippen molar-refractivity contribution in [2.45, 2.75) is 46.2 Å². The standard InChI is InChI=1S/C13H28N2O2S/c1-12(2,3)11-9-14-13(4,5)10-15(11)7-8-18(6,16)17/h11,14H,7-10H2,1-6H3. The molecule has 1 saturated heterocycles. The molecule has 0 aromatic carbocycles. The molecule has 0 spiro atoms. The molecule has 1 unspecified atom stereocenters. The van der Waals surface area contributed by atoms with Crippen molar-refractivity contribution in [1.82, 2.24) is 10.2 Å². The number of rotatable bonds is 3. The molecule has 0 saturated carbocycles. The number of nitrogens with one attached hydrogen (secondary N) is 1. The summed E-state index contributed by atoms with van der Waals surface area (Å²) in [6.07, 6.45) is 1.31. The molecular weight excluding hydrogens is 248 g/mol.